The number of anilines is 1. The third-order valence-electron chi connectivity index (χ3n) is 3.48. The van der Waals surface area contributed by atoms with Gasteiger partial charge in [0.25, 0.3) is 11.9 Å². The normalized spacial score (nSPS) is 10.5. The summed E-state index contributed by atoms with van der Waals surface area (Å²) < 4.78 is 7.12. The maximum absolute atomic E-state index is 12.0. The lowest BCUT2D eigenvalue weighted by molar-refractivity contribution is -0.118. The van der Waals surface area contributed by atoms with Crippen molar-refractivity contribution in [2.45, 2.75) is 20.8 Å². The maximum Gasteiger partial charge on any atom is 0.262 e. The second-order valence-corrected chi connectivity index (χ2v) is 5.76. The van der Waals surface area contributed by atoms with Crippen LogP contribution in [0.3, 0.4) is 0 Å². The monoisotopic (exact) mass is 337 g/mol. The molecular formula is C18H19N5O2. The first-order chi connectivity index (χ1) is 12.0. The Hall–Kier alpha value is -3.22. The molecular weight excluding hydrogens is 318 g/mol. The van der Waals surface area contributed by atoms with Gasteiger partial charge in [0, 0.05) is 5.69 Å². The number of hydrogen-bond acceptors (Lipinski definition) is 5. The molecule has 7 heteroatoms. The Morgan fingerprint density at radius 3 is 2.56 bits per heavy atom. The van der Waals surface area contributed by atoms with Gasteiger partial charge in [0.15, 0.2) is 6.61 Å². The number of aromatic nitrogens is 4. The first kappa shape index (κ1) is 16.6. The predicted molar refractivity (Wildman–Crippen MR) is 93.9 cm³/mol. The van der Waals surface area contributed by atoms with Crippen molar-refractivity contribution in [2.75, 3.05) is 11.9 Å². The molecule has 0 aliphatic rings. The van der Waals surface area contributed by atoms with Gasteiger partial charge in [0.2, 0.25) is 0 Å². The van der Waals surface area contributed by atoms with Crippen molar-refractivity contribution >= 4 is 11.6 Å². The number of aryl methyl sites for hydroxylation is 3. The number of rotatable bonds is 5. The Balaban J connectivity index is 1.59. The van der Waals surface area contributed by atoms with E-state index >= 15 is 0 Å². The van der Waals surface area contributed by atoms with Crippen molar-refractivity contribution in [3.63, 3.8) is 0 Å². The number of amides is 1. The summed E-state index contributed by atoms with van der Waals surface area (Å²) in [7, 11) is 0. The van der Waals surface area contributed by atoms with Gasteiger partial charge < -0.3 is 10.1 Å². The molecule has 0 aliphatic carbocycles. The number of carbonyl (C=O) groups is 1. The van der Waals surface area contributed by atoms with Crippen molar-refractivity contribution in [2.24, 2.45) is 0 Å². The third kappa shape index (κ3) is 4.20. The van der Waals surface area contributed by atoms with Crippen LogP contribution < -0.4 is 10.1 Å². The standard InChI is InChI=1S/C18H19N5O2/c1-12-5-4-6-16(7-12)25-11-17(24)21-15-9-19-18(20-10-15)23-14(3)8-13(2)22-23/h4-10H,11H2,1-3H3,(H,21,24). The van der Waals surface area contributed by atoms with Gasteiger partial charge in [-0.05, 0) is 44.5 Å². The molecule has 0 saturated carbocycles. The zero-order valence-electron chi connectivity index (χ0n) is 14.4. The molecule has 1 aromatic carbocycles. The van der Waals surface area contributed by atoms with Crippen LogP contribution in [0.25, 0.3) is 5.95 Å². The molecule has 0 spiro atoms. The number of nitrogens with one attached hydrogen (secondary N) is 1. The smallest absolute Gasteiger partial charge is 0.262 e. The van der Waals surface area contributed by atoms with E-state index in [0.717, 1.165) is 17.0 Å². The summed E-state index contributed by atoms with van der Waals surface area (Å²) in [5, 5.41) is 7.03. The summed E-state index contributed by atoms with van der Waals surface area (Å²) in [4.78, 5) is 20.5. The Morgan fingerprint density at radius 2 is 1.92 bits per heavy atom. The minimum atomic E-state index is -0.274. The molecule has 7 nitrogen and oxygen atoms in total. The van der Waals surface area contributed by atoms with E-state index < -0.39 is 0 Å². The highest BCUT2D eigenvalue weighted by molar-refractivity contribution is 5.91. The zero-order valence-corrected chi connectivity index (χ0v) is 14.4. The average molecular weight is 337 g/mol. The Morgan fingerprint density at radius 1 is 1.16 bits per heavy atom. The molecule has 1 N–H and O–H groups in total. The molecule has 0 saturated heterocycles. The van der Waals surface area contributed by atoms with Gasteiger partial charge in [0.05, 0.1) is 23.8 Å². The third-order valence-corrected chi connectivity index (χ3v) is 3.48. The minimum Gasteiger partial charge on any atom is -0.484 e. The molecule has 2 heterocycles. The molecule has 3 aromatic rings. The second kappa shape index (κ2) is 7.12. The fourth-order valence-corrected chi connectivity index (χ4v) is 2.38. The van der Waals surface area contributed by atoms with Gasteiger partial charge in [-0.2, -0.15) is 5.10 Å². The summed E-state index contributed by atoms with van der Waals surface area (Å²) in [6.07, 6.45) is 3.09. The Labute approximate surface area is 145 Å². The minimum absolute atomic E-state index is 0.0807. The molecule has 0 bridgehead atoms. The SMILES string of the molecule is Cc1cccc(OCC(=O)Nc2cnc(-n3nc(C)cc3C)nc2)c1. The summed E-state index contributed by atoms with van der Waals surface area (Å²) in [6.45, 7) is 5.73. The summed E-state index contributed by atoms with van der Waals surface area (Å²) in [6, 6.07) is 9.48. The predicted octanol–water partition coefficient (Wildman–Crippen LogP) is 2.61. The van der Waals surface area contributed by atoms with Crippen LogP contribution in [0.5, 0.6) is 5.75 Å². The van der Waals surface area contributed by atoms with Crippen LogP contribution in [0.15, 0.2) is 42.7 Å². The molecule has 0 fully saturated rings. The van der Waals surface area contributed by atoms with Crippen LogP contribution in [0.1, 0.15) is 17.0 Å². The fraction of sp³-hybridized carbons (Fsp3) is 0.222. The van der Waals surface area contributed by atoms with Crippen molar-refractivity contribution in [3.8, 4) is 11.7 Å². The van der Waals surface area contributed by atoms with E-state index in [-0.39, 0.29) is 12.5 Å². The summed E-state index contributed by atoms with van der Waals surface area (Å²) in [5.74, 6) is 0.842. The second-order valence-electron chi connectivity index (χ2n) is 5.76. The van der Waals surface area contributed by atoms with Gasteiger partial charge in [-0.15, -0.1) is 0 Å². The molecule has 0 unspecified atom stereocenters. The van der Waals surface area contributed by atoms with E-state index in [4.69, 9.17) is 4.74 Å². The first-order valence-electron chi connectivity index (χ1n) is 7.86. The lowest BCUT2D eigenvalue weighted by Crippen LogP contribution is -2.20. The highest BCUT2D eigenvalue weighted by Crippen LogP contribution is 2.13. The molecule has 128 valence electrons. The van der Waals surface area contributed by atoms with E-state index in [0.29, 0.717) is 17.4 Å². The van der Waals surface area contributed by atoms with Gasteiger partial charge in [-0.3, -0.25) is 4.79 Å². The highest BCUT2D eigenvalue weighted by Gasteiger charge is 2.08. The number of nitrogens with zero attached hydrogens (tertiary/aromatic N) is 4. The topological polar surface area (TPSA) is 81.9 Å². The van der Waals surface area contributed by atoms with Crippen molar-refractivity contribution in [1.82, 2.24) is 19.7 Å². The van der Waals surface area contributed by atoms with Gasteiger partial charge in [-0.1, -0.05) is 12.1 Å². The van der Waals surface area contributed by atoms with Gasteiger partial charge in [-0.25, -0.2) is 14.6 Å². The van der Waals surface area contributed by atoms with Crippen LogP contribution >= 0.6 is 0 Å². The van der Waals surface area contributed by atoms with Crippen LogP contribution in [0, 0.1) is 20.8 Å². The molecule has 0 atom stereocenters. The fourth-order valence-electron chi connectivity index (χ4n) is 2.38. The van der Waals surface area contributed by atoms with Gasteiger partial charge >= 0.3 is 0 Å². The lowest BCUT2D eigenvalue weighted by Gasteiger charge is -2.08. The van der Waals surface area contributed by atoms with E-state index in [1.807, 2.05) is 51.1 Å². The van der Waals surface area contributed by atoms with Crippen molar-refractivity contribution < 1.29 is 9.53 Å². The van der Waals surface area contributed by atoms with E-state index in [1.54, 1.807) is 17.1 Å². The maximum atomic E-state index is 12.0. The molecule has 3 rings (SSSR count). The highest BCUT2D eigenvalue weighted by atomic mass is 16.5. The van der Waals surface area contributed by atoms with Crippen LogP contribution in [-0.4, -0.2) is 32.3 Å². The quantitative estimate of drug-likeness (QED) is 0.774. The zero-order chi connectivity index (χ0) is 17.8. The lowest BCUT2D eigenvalue weighted by atomic mass is 10.2. The molecule has 1 amide bonds. The number of carbonyl (C=O) groups excluding carboxylic acids is 1. The Kier molecular flexibility index (Phi) is 4.74. The van der Waals surface area contributed by atoms with Crippen molar-refractivity contribution in [1.29, 1.82) is 0 Å². The van der Waals surface area contributed by atoms with Crippen LogP contribution in [0.2, 0.25) is 0 Å². The van der Waals surface area contributed by atoms with Crippen LogP contribution in [0.4, 0.5) is 5.69 Å². The number of benzene rings is 1. The average Bonchev–Trinajstić information content (AvgIpc) is 2.92. The molecule has 0 aliphatic heterocycles. The van der Waals surface area contributed by atoms with Gasteiger partial charge in [0.1, 0.15) is 5.75 Å². The summed E-state index contributed by atoms with van der Waals surface area (Å²) >= 11 is 0. The van der Waals surface area contributed by atoms with Crippen LogP contribution in [-0.2, 0) is 4.79 Å². The summed E-state index contributed by atoms with van der Waals surface area (Å²) in [5.41, 5.74) is 3.42. The van der Waals surface area contributed by atoms with E-state index in [1.165, 1.54) is 0 Å². The molecule has 2 aromatic heterocycles. The Bertz CT molecular complexity index is 887. The van der Waals surface area contributed by atoms with Crippen molar-refractivity contribution in [3.05, 3.63) is 59.7 Å². The molecule has 0 radical (unpaired) electrons. The largest absolute Gasteiger partial charge is 0.484 e. The first-order valence-corrected chi connectivity index (χ1v) is 7.86. The number of ether oxygens (including phenoxy) is 1. The van der Waals surface area contributed by atoms with E-state index in [9.17, 15) is 4.79 Å². The van der Waals surface area contributed by atoms with E-state index in [2.05, 4.69) is 20.4 Å². The molecule has 25 heavy (non-hydrogen) atoms. The number of hydrogen-bond donors (Lipinski definition) is 1.